The zero-order valence-corrected chi connectivity index (χ0v) is 9.32. The monoisotopic (exact) mass is 216 g/mol. The van der Waals surface area contributed by atoms with Crippen molar-refractivity contribution in [3.63, 3.8) is 0 Å². The van der Waals surface area contributed by atoms with Crippen LogP contribution in [-0.4, -0.2) is 29.6 Å². The van der Waals surface area contributed by atoms with Crippen LogP contribution in [0.2, 0.25) is 0 Å². The molecule has 0 aliphatic rings. The van der Waals surface area contributed by atoms with Gasteiger partial charge in [-0.3, -0.25) is 4.79 Å². The quantitative estimate of drug-likeness (QED) is 0.572. The normalized spacial score (nSPS) is 14.3. The maximum atomic E-state index is 11.3. The van der Waals surface area contributed by atoms with E-state index in [-0.39, 0.29) is 18.2 Å². The van der Waals surface area contributed by atoms with E-state index in [1.807, 2.05) is 13.8 Å². The summed E-state index contributed by atoms with van der Waals surface area (Å²) in [5, 5.41) is 11.4. The standard InChI is InChI=1S/C10H20N2O3/c1-3-7(2)9(10(14)15)12-8(13)5-4-6-11/h7,9H,3-6,11H2,1-2H3,(H,12,13)(H,14,15)/t7?,9-/m0/s1. The van der Waals surface area contributed by atoms with Gasteiger partial charge in [-0.2, -0.15) is 0 Å². The molecule has 0 aliphatic heterocycles. The number of nitrogens with one attached hydrogen (secondary N) is 1. The van der Waals surface area contributed by atoms with E-state index < -0.39 is 12.0 Å². The lowest BCUT2D eigenvalue weighted by Crippen LogP contribution is -2.45. The Morgan fingerprint density at radius 2 is 2.07 bits per heavy atom. The van der Waals surface area contributed by atoms with Crippen molar-refractivity contribution in [2.75, 3.05) is 6.54 Å². The Kier molecular flexibility index (Phi) is 6.70. The lowest BCUT2D eigenvalue weighted by atomic mass is 9.99. The lowest BCUT2D eigenvalue weighted by molar-refractivity contribution is -0.143. The Bertz CT molecular complexity index is 219. The summed E-state index contributed by atoms with van der Waals surface area (Å²) >= 11 is 0. The molecule has 0 bridgehead atoms. The first-order chi connectivity index (χ1) is 7.02. The molecule has 0 spiro atoms. The van der Waals surface area contributed by atoms with Crippen molar-refractivity contribution in [1.82, 2.24) is 5.32 Å². The average molecular weight is 216 g/mol. The smallest absolute Gasteiger partial charge is 0.326 e. The van der Waals surface area contributed by atoms with Crippen molar-refractivity contribution in [2.24, 2.45) is 11.7 Å². The molecule has 1 amide bonds. The van der Waals surface area contributed by atoms with Crippen LogP contribution in [0.3, 0.4) is 0 Å². The molecule has 0 rings (SSSR count). The number of hydrogen-bond donors (Lipinski definition) is 3. The van der Waals surface area contributed by atoms with Gasteiger partial charge in [0.2, 0.25) is 5.91 Å². The summed E-state index contributed by atoms with van der Waals surface area (Å²) in [6.45, 7) is 4.14. The summed E-state index contributed by atoms with van der Waals surface area (Å²) < 4.78 is 0. The SMILES string of the molecule is CCC(C)[C@H](NC(=O)CCCN)C(=O)O. The number of nitrogens with two attached hydrogens (primary N) is 1. The van der Waals surface area contributed by atoms with Gasteiger partial charge >= 0.3 is 5.97 Å². The maximum absolute atomic E-state index is 11.3. The molecule has 0 fully saturated rings. The molecule has 0 radical (unpaired) electrons. The first-order valence-corrected chi connectivity index (χ1v) is 5.25. The van der Waals surface area contributed by atoms with E-state index in [0.29, 0.717) is 19.4 Å². The van der Waals surface area contributed by atoms with Crippen LogP contribution in [0.5, 0.6) is 0 Å². The minimum Gasteiger partial charge on any atom is -0.480 e. The summed E-state index contributed by atoms with van der Waals surface area (Å²) in [7, 11) is 0. The van der Waals surface area contributed by atoms with Crippen LogP contribution < -0.4 is 11.1 Å². The molecule has 5 heteroatoms. The molecular formula is C10H20N2O3. The fraction of sp³-hybridized carbons (Fsp3) is 0.800. The van der Waals surface area contributed by atoms with Gasteiger partial charge in [-0.25, -0.2) is 4.79 Å². The second-order valence-corrected chi connectivity index (χ2v) is 3.66. The number of aliphatic carboxylic acids is 1. The zero-order chi connectivity index (χ0) is 11.8. The minimum atomic E-state index is -0.981. The first kappa shape index (κ1) is 13.9. The lowest BCUT2D eigenvalue weighted by Gasteiger charge is -2.19. The van der Waals surface area contributed by atoms with Gasteiger partial charge in [-0.05, 0) is 18.9 Å². The van der Waals surface area contributed by atoms with Crippen LogP contribution in [0.1, 0.15) is 33.1 Å². The minimum absolute atomic E-state index is 0.0654. The van der Waals surface area contributed by atoms with E-state index in [2.05, 4.69) is 5.32 Å². The highest BCUT2D eigenvalue weighted by Gasteiger charge is 2.24. The molecule has 0 aromatic heterocycles. The highest BCUT2D eigenvalue weighted by Crippen LogP contribution is 2.08. The third-order valence-electron chi connectivity index (χ3n) is 2.40. The number of hydrogen-bond acceptors (Lipinski definition) is 3. The van der Waals surface area contributed by atoms with Crippen molar-refractivity contribution in [1.29, 1.82) is 0 Å². The number of amides is 1. The highest BCUT2D eigenvalue weighted by atomic mass is 16.4. The topological polar surface area (TPSA) is 92.4 Å². The highest BCUT2D eigenvalue weighted by molar-refractivity contribution is 5.83. The number of carbonyl (C=O) groups excluding carboxylic acids is 1. The van der Waals surface area contributed by atoms with Crippen molar-refractivity contribution in [2.45, 2.75) is 39.2 Å². The second-order valence-electron chi connectivity index (χ2n) is 3.66. The molecule has 0 aromatic rings. The molecule has 5 nitrogen and oxygen atoms in total. The Morgan fingerprint density at radius 1 is 1.47 bits per heavy atom. The number of rotatable bonds is 7. The van der Waals surface area contributed by atoms with Gasteiger partial charge in [0.25, 0.3) is 0 Å². The molecule has 0 saturated heterocycles. The van der Waals surface area contributed by atoms with Gasteiger partial charge in [0.1, 0.15) is 6.04 Å². The molecule has 2 atom stereocenters. The third-order valence-corrected chi connectivity index (χ3v) is 2.40. The van der Waals surface area contributed by atoms with Gasteiger partial charge in [0, 0.05) is 6.42 Å². The van der Waals surface area contributed by atoms with E-state index in [9.17, 15) is 9.59 Å². The Morgan fingerprint density at radius 3 is 2.47 bits per heavy atom. The summed E-state index contributed by atoms with van der Waals surface area (Å²) in [4.78, 5) is 22.2. The maximum Gasteiger partial charge on any atom is 0.326 e. The van der Waals surface area contributed by atoms with Crippen LogP contribution >= 0.6 is 0 Å². The van der Waals surface area contributed by atoms with Gasteiger partial charge in [0.05, 0.1) is 0 Å². The van der Waals surface area contributed by atoms with Gasteiger partial charge < -0.3 is 16.2 Å². The molecular weight excluding hydrogens is 196 g/mol. The molecule has 0 aromatic carbocycles. The summed E-state index contributed by atoms with van der Waals surface area (Å²) in [5.74, 6) is -1.29. The molecule has 0 saturated carbocycles. The predicted molar refractivity (Wildman–Crippen MR) is 57.3 cm³/mol. The number of carbonyl (C=O) groups is 2. The van der Waals surface area contributed by atoms with Crippen LogP contribution in [0.15, 0.2) is 0 Å². The third kappa shape index (κ3) is 5.37. The van der Waals surface area contributed by atoms with E-state index in [1.165, 1.54) is 0 Å². The van der Waals surface area contributed by atoms with Gasteiger partial charge in [-0.15, -0.1) is 0 Å². The van der Waals surface area contributed by atoms with Crippen LogP contribution in [0, 0.1) is 5.92 Å². The molecule has 88 valence electrons. The van der Waals surface area contributed by atoms with Gasteiger partial charge in [0.15, 0.2) is 0 Å². The van der Waals surface area contributed by atoms with E-state index in [4.69, 9.17) is 10.8 Å². The fourth-order valence-electron chi connectivity index (χ4n) is 1.19. The van der Waals surface area contributed by atoms with Crippen molar-refractivity contribution < 1.29 is 14.7 Å². The second kappa shape index (κ2) is 7.23. The molecule has 0 heterocycles. The van der Waals surface area contributed by atoms with Crippen LogP contribution in [0.4, 0.5) is 0 Å². The largest absolute Gasteiger partial charge is 0.480 e. The van der Waals surface area contributed by atoms with Gasteiger partial charge in [-0.1, -0.05) is 20.3 Å². The van der Waals surface area contributed by atoms with Crippen LogP contribution in [0.25, 0.3) is 0 Å². The van der Waals surface area contributed by atoms with Crippen molar-refractivity contribution >= 4 is 11.9 Å². The number of carboxylic acid groups (broad SMARTS) is 1. The molecule has 1 unspecified atom stereocenters. The molecule has 0 aliphatic carbocycles. The van der Waals surface area contributed by atoms with Crippen molar-refractivity contribution in [3.8, 4) is 0 Å². The average Bonchev–Trinajstić information content (AvgIpc) is 2.21. The fourth-order valence-corrected chi connectivity index (χ4v) is 1.19. The van der Waals surface area contributed by atoms with E-state index in [1.54, 1.807) is 0 Å². The first-order valence-electron chi connectivity index (χ1n) is 5.25. The Balaban J connectivity index is 4.16. The number of carboxylic acids is 1. The van der Waals surface area contributed by atoms with E-state index in [0.717, 1.165) is 0 Å². The van der Waals surface area contributed by atoms with Crippen molar-refractivity contribution in [3.05, 3.63) is 0 Å². The molecule has 4 N–H and O–H groups in total. The predicted octanol–water partition coefficient (Wildman–Crippen LogP) is 0.341. The summed E-state index contributed by atoms with van der Waals surface area (Å²) in [6, 6.07) is -0.791. The molecule has 15 heavy (non-hydrogen) atoms. The van der Waals surface area contributed by atoms with Crippen LogP contribution in [-0.2, 0) is 9.59 Å². The zero-order valence-electron chi connectivity index (χ0n) is 9.32. The Labute approximate surface area is 90.0 Å². The summed E-state index contributed by atoms with van der Waals surface area (Å²) in [5.41, 5.74) is 5.26. The summed E-state index contributed by atoms with van der Waals surface area (Å²) in [6.07, 6.45) is 1.59. The Hall–Kier alpha value is -1.10. The van der Waals surface area contributed by atoms with E-state index >= 15 is 0 Å².